The van der Waals surface area contributed by atoms with Gasteiger partial charge >= 0.3 is 0 Å². The molecule has 1 aliphatic rings. The minimum Gasteiger partial charge on any atom is -0.369 e. The summed E-state index contributed by atoms with van der Waals surface area (Å²) in [6.45, 7) is 5.78. The van der Waals surface area contributed by atoms with Gasteiger partial charge in [-0.2, -0.15) is 0 Å². The highest BCUT2D eigenvalue weighted by Gasteiger charge is 2.24. The van der Waals surface area contributed by atoms with Crippen molar-refractivity contribution in [3.05, 3.63) is 45.5 Å². The number of nitrogens with one attached hydrogen (secondary N) is 1. The minimum atomic E-state index is 0.105. The lowest BCUT2D eigenvalue weighted by atomic mass is 10.2. The molecule has 0 atom stereocenters. The van der Waals surface area contributed by atoms with Crippen LogP contribution < -0.4 is 10.2 Å². The van der Waals surface area contributed by atoms with Gasteiger partial charge in [0.25, 0.3) is 5.91 Å². The first-order chi connectivity index (χ1) is 11.7. The van der Waals surface area contributed by atoms with E-state index in [1.54, 1.807) is 0 Å². The van der Waals surface area contributed by atoms with Crippen LogP contribution in [-0.4, -0.2) is 53.7 Å². The molecule has 6 nitrogen and oxygen atoms in total. The van der Waals surface area contributed by atoms with E-state index in [2.05, 4.69) is 43.0 Å². The van der Waals surface area contributed by atoms with Crippen molar-refractivity contribution >= 4 is 40.1 Å². The number of hydrogen-bond donors (Lipinski definition) is 1. The number of halogens is 1. The smallest absolute Gasteiger partial charge is 0.255 e. The summed E-state index contributed by atoms with van der Waals surface area (Å²) in [4.78, 5) is 16.7. The number of nitrogens with zero attached hydrogens (tertiary/aromatic N) is 4. The highest BCUT2D eigenvalue weighted by molar-refractivity contribution is 14.1. The van der Waals surface area contributed by atoms with Crippen molar-refractivity contribution in [1.82, 2.24) is 15.1 Å². The van der Waals surface area contributed by atoms with Crippen LogP contribution in [0.5, 0.6) is 0 Å². The molecule has 0 aliphatic carbocycles. The number of anilines is 2. The van der Waals surface area contributed by atoms with Gasteiger partial charge in [0.1, 0.15) is 5.82 Å². The zero-order valence-electron chi connectivity index (χ0n) is 13.6. The third kappa shape index (κ3) is 3.77. The molecule has 1 aromatic carbocycles. The third-order valence-electron chi connectivity index (χ3n) is 4.00. The van der Waals surface area contributed by atoms with E-state index in [1.165, 1.54) is 0 Å². The molecule has 2 aromatic rings. The number of aromatic nitrogens is 2. The Morgan fingerprint density at radius 1 is 1.12 bits per heavy atom. The van der Waals surface area contributed by atoms with E-state index in [0.717, 1.165) is 40.4 Å². The van der Waals surface area contributed by atoms with E-state index in [0.29, 0.717) is 13.1 Å². The maximum absolute atomic E-state index is 12.6. The van der Waals surface area contributed by atoms with Crippen LogP contribution in [-0.2, 0) is 0 Å². The number of rotatable bonds is 4. The van der Waals surface area contributed by atoms with E-state index in [1.807, 2.05) is 48.2 Å². The highest BCUT2D eigenvalue weighted by atomic mass is 127. The van der Waals surface area contributed by atoms with Crippen LogP contribution >= 0.6 is 22.6 Å². The van der Waals surface area contributed by atoms with Gasteiger partial charge in [-0.15, -0.1) is 10.2 Å². The number of carbonyl (C=O) groups is 1. The summed E-state index contributed by atoms with van der Waals surface area (Å²) in [5.74, 6) is 1.75. The quantitative estimate of drug-likeness (QED) is 0.745. The van der Waals surface area contributed by atoms with Gasteiger partial charge in [-0.05, 0) is 53.8 Å². The largest absolute Gasteiger partial charge is 0.369 e. The van der Waals surface area contributed by atoms with Crippen molar-refractivity contribution in [3.8, 4) is 0 Å². The fourth-order valence-electron chi connectivity index (χ4n) is 2.71. The summed E-state index contributed by atoms with van der Waals surface area (Å²) >= 11 is 2.21. The Labute approximate surface area is 155 Å². The molecule has 0 radical (unpaired) electrons. The Balaban J connectivity index is 1.61. The topological polar surface area (TPSA) is 61.4 Å². The number of benzene rings is 1. The van der Waals surface area contributed by atoms with E-state index in [9.17, 15) is 4.79 Å². The fourth-order valence-corrected chi connectivity index (χ4v) is 3.33. The summed E-state index contributed by atoms with van der Waals surface area (Å²) in [7, 11) is 0. The van der Waals surface area contributed by atoms with Gasteiger partial charge in [0.2, 0.25) is 0 Å². The number of amides is 1. The van der Waals surface area contributed by atoms with Gasteiger partial charge in [0.05, 0.1) is 5.56 Å². The molecule has 1 amide bonds. The molecule has 7 heteroatoms. The van der Waals surface area contributed by atoms with E-state index < -0.39 is 0 Å². The average molecular weight is 437 g/mol. The van der Waals surface area contributed by atoms with Crippen LogP contribution in [0.15, 0.2) is 36.4 Å². The van der Waals surface area contributed by atoms with Crippen LogP contribution in [0.1, 0.15) is 17.3 Å². The molecular weight excluding hydrogens is 417 g/mol. The summed E-state index contributed by atoms with van der Waals surface area (Å²) in [6, 6.07) is 11.6. The SMILES string of the molecule is CCNc1ccc(N2CCN(C(=O)c3ccccc3I)CC2)nn1. The second kappa shape index (κ2) is 7.78. The van der Waals surface area contributed by atoms with E-state index >= 15 is 0 Å². The van der Waals surface area contributed by atoms with Gasteiger partial charge < -0.3 is 15.1 Å². The first-order valence-corrected chi connectivity index (χ1v) is 9.13. The molecule has 1 aromatic heterocycles. The van der Waals surface area contributed by atoms with Gasteiger partial charge in [-0.1, -0.05) is 12.1 Å². The van der Waals surface area contributed by atoms with Crippen molar-refractivity contribution in [2.45, 2.75) is 6.92 Å². The van der Waals surface area contributed by atoms with Gasteiger partial charge in [0, 0.05) is 36.3 Å². The summed E-state index contributed by atoms with van der Waals surface area (Å²) in [5, 5.41) is 11.6. The average Bonchev–Trinajstić information content (AvgIpc) is 2.63. The lowest BCUT2D eigenvalue weighted by Gasteiger charge is -2.35. The molecule has 126 valence electrons. The molecule has 0 bridgehead atoms. The van der Waals surface area contributed by atoms with Crippen molar-refractivity contribution in [2.24, 2.45) is 0 Å². The van der Waals surface area contributed by atoms with Crippen molar-refractivity contribution < 1.29 is 4.79 Å². The number of hydrogen-bond acceptors (Lipinski definition) is 5. The molecule has 2 heterocycles. The van der Waals surface area contributed by atoms with Crippen molar-refractivity contribution in [2.75, 3.05) is 42.9 Å². The number of piperazine rings is 1. The Morgan fingerprint density at radius 2 is 1.88 bits per heavy atom. The van der Waals surface area contributed by atoms with Crippen LogP contribution in [0.2, 0.25) is 0 Å². The standard InChI is InChI=1S/C17H20IN5O/c1-2-19-15-7-8-16(21-20-15)22-9-11-23(12-10-22)17(24)13-5-3-4-6-14(13)18/h3-8H,2,9-12H2,1H3,(H,19,20). The predicted molar refractivity (Wildman–Crippen MR) is 103 cm³/mol. The monoisotopic (exact) mass is 437 g/mol. The molecule has 0 saturated carbocycles. The second-order valence-electron chi connectivity index (χ2n) is 5.57. The molecular formula is C17H20IN5O. The Bertz CT molecular complexity index is 698. The molecule has 1 aliphatic heterocycles. The Hall–Kier alpha value is -1.90. The van der Waals surface area contributed by atoms with Crippen molar-refractivity contribution in [3.63, 3.8) is 0 Å². The van der Waals surface area contributed by atoms with Gasteiger partial charge in [0.15, 0.2) is 5.82 Å². The molecule has 1 fully saturated rings. The summed E-state index contributed by atoms with van der Waals surface area (Å²) < 4.78 is 0.993. The van der Waals surface area contributed by atoms with Crippen LogP contribution in [0.4, 0.5) is 11.6 Å². The molecule has 0 spiro atoms. The van der Waals surface area contributed by atoms with Gasteiger partial charge in [-0.3, -0.25) is 4.79 Å². The van der Waals surface area contributed by atoms with Crippen LogP contribution in [0.3, 0.4) is 0 Å². The zero-order chi connectivity index (χ0) is 16.9. The third-order valence-corrected chi connectivity index (χ3v) is 4.94. The maximum atomic E-state index is 12.6. The molecule has 24 heavy (non-hydrogen) atoms. The zero-order valence-corrected chi connectivity index (χ0v) is 15.7. The van der Waals surface area contributed by atoms with Gasteiger partial charge in [-0.25, -0.2) is 0 Å². The summed E-state index contributed by atoms with van der Waals surface area (Å²) in [5.41, 5.74) is 0.779. The minimum absolute atomic E-state index is 0.105. The first-order valence-electron chi connectivity index (χ1n) is 8.05. The lowest BCUT2D eigenvalue weighted by molar-refractivity contribution is 0.0745. The van der Waals surface area contributed by atoms with E-state index in [-0.39, 0.29) is 5.91 Å². The lowest BCUT2D eigenvalue weighted by Crippen LogP contribution is -2.49. The molecule has 1 N–H and O–H groups in total. The van der Waals surface area contributed by atoms with Crippen molar-refractivity contribution in [1.29, 1.82) is 0 Å². The number of carbonyl (C=O) groups excluding carboxylic acids is 1. The summed E-state index contributed by atoms with van der Waals surface area (Å²) in [6.07, 6.45) is 0. The molecule has 1 saturated heterocycles. The first kappa shape index (κ1) is 16.9. The Kier molecular flexibility index (Phi) is 5.49. The highest BCUT2D eigenvalue weighted by Crippen LogP contribution is 2.18. The van der Waals surface area contributed by atoms with Crippen LogP contribution in [0.25, 0.3) is 0 Å². The maximum Gasteiger partial charge on any atom is 0.255 e. The van der Waals surface area contributed by atoms with Crippen LogP contribution in [0, 0.1) is 3.57 Å². The molecule has 0 unspecified atom stereocenters. The normalized spacial score (nSPS) is 14.6. The second-order valence-corrected chi connectivity index (χ2v) is 6.73. The van der Waals surface area contributed by atoms with E-state index in [4.69, 9.17) is 0 Å². The fraction of sp³-hybridized carbons (Fsp3) is 0.353. The molecule has 3 rings (SSSR count). The predicted octanol–water partition coefficient (Wildman–Crippen LogP) is 2.48. The Morgan fingerprint density at radius 3 is 2.50 bits per heavy atom.